The molecule has 0 aromatic heterocycles. The Morgan fingerprint density at radius 2 is 1.41 bits per heavy atom. The van der Waals surface area contributed by atoms with Gasteiger partial charge >= 0.3 is 19.8 Å². The van der Waals surface area contributed by atoms with E-state index < -0.39 is 32.5 Å². The van der Waals surface area contributed by atoms with Gasteiger partial charge in [-0.2, -0.15) is 0 Å². The lowest BCUT2D eigenvalue weighted by Crippen LogP contribution is -2.37. The van der Waals surface area contributed by atoms with Crippen molar-refractivity contribution in [3.05, 3.63) is 0 Å². The number of likely N-dealkylation sites (N-methyl/N-ethyl adjacent to an activating group) is 1. The van der Waals surface area contributed by atoms with Gasteiger partial charge in [-0.15, -0.1) is 0 Å². The van der Waals surface area contributed by atoms with E-state index in [9.17, 15) is 19.0 Å². The van der Waals surface area contributed by atoms with Crippen LogP contribution in [0.3, 0.4) is 0 Å². The number of esters is 2. The molecule has 9 nitrogen and oxygen atoms in total. The Bertz CT molecular complexity index is 565. The number of carbonyl (C=O) groups is 2. The summed E-state index contributed by atoms with van der Waals surface area (Å²) in [7, 11) is 1.47. The second-order valence-electron chi connectivity index (χ2n) is 9.03. The number of rotatable bonds is 20. The normalized spacial score (nSPS) is 14.6. The highest BCUT2D eigenvalue weighted by Gasteiger charge is 2.26. The lowest BCUT2D eigenvalue weighted by Gasteiger charge is -2.24. The molecule has 190 valence electrons. The maximum absolute atomic E-state index is 12.1. The Morgan fingerprint density at radius 3 is 1.94 bits per heavy atom. The van der Waals surface area contributed by atoms with E-state index in [-0.39, 0.29) is 26.1 Å². The van der Waals surface area contributed by atoms with Crippen molar-refractivity contribution in [3.63, 3.8) is 0 Å². The number of hydrogen-bond donors (Lipinski definition) is 1. The summed E-state index contributed by atoms with van der Waals surface area (Å²) >= 11 is 0. The first kappa shape index (κ1) is 31.0. The molecule has 32 heavy (non-hydrogen) atoms. The second kappa shape index (κ2) is 17.5. The summed E-state index contributed by atoms with van der Waals surface area (Å²) in [5, 5.41) is 0. The molecule has 0 aromatic rings. The van der Waals surface area contributed by atoms with E-state index in [1.807, 2.05) is 21.1 Å². The third-order valence-electron chi connectivity index (χ3n) is 4.64. The average molecular weight is 483 g/mol. The van der Waals surface area contributed by atoms with Crippen LogP contribution in [0, 0.1) is 0 Å². The third-order valence-corrected chi connectivity index (χ3v) is 5.62. The van der Waals surface area contributed by atoms with E-state index in [0.717, 1.165) is 44.9 Å². The minimum atomic E-state index is -4.32. The van der Waals surface area contributed by atoms with Crippen molar-refractivity contribution in [2.45, 2.75) is 84.2 Å². The molecule has 0 aromatic carbocycles. The summed E-state index contributed by atoms with van der Waals surface area (Å²) in [6.45, 7) is 4.09. The lowest BCUT2D eigenvalue weighted by molar-refractivity contribution is -0.870. The van der Waals surface area contributed by atoms with Gasteiger partial charge in [-0.3, -0.25) is 18.6 Å². The Hall–Kier alpha value is -0.990. The van der Waals surface area contributed by atoms with E-state index in [1.54, 1.807) is 0 Å². The molecule has 0 radical (unpaired) electrons. The van der Waals surface area contributed by atoms with Crippen LogP contribution >= 0.6 is 7.82 Å². The number of carbonyl (C=O) groups excluding carboxylic acids is 2. The Morgan fingerprint density at radius 1 is 0.844 bits per heavy atom. The van der Waals surface area contributed by atoms with Crippen molar-refractivity contribution in [1.29, 1.82) is 0 Å². The summed E-state index contributed by atoms with van der Waals surface area (Å²) in [5.74, 6) is -0.844. The number of hydrogen-bond acceptors (Lipinski definition) is 7. The number of phosphoric ester groups is 1. The van der Waals surface area contributed by atoms with Crippen LogP contribution in [0.2, 0.25) is 0 Å². The molecule has 2 atom stereocenters. The minimum absolute atomic E-state index is 0.0336. The van der Waals surface area contributed by atoms with E-state index in [4.69, 9.17) is 18.5 Å². The number of unbranched alkanes of at least 4 members (excludes halogenated alkanes) is 6. The molecule has 2 unspecified atom stereocenters. The van der Waals surface area contributed by atoms with E-state index in [0.29, 0.717) is 17.4 Å². The molecule has 0 amide bonds. The van der Waals surface area contributed by atoms with Gasteiger partial charge in [-0.25, -0.2) is 4.57 Å². The third kappa shape index (κ3) is 19.7. The fourth-order valence-electron chi connectivity index (χ4n) is 2.66. The van der Waals surface area contributed by atoms with Crippen LogP contribution < -0.4 is 0 Å². The second-order valence-corrected chi connectivity index (χ2v) is 10.5. The maximum atomic E-state index is 12.1. The summed E-state index contributed by atoms with van der Waals surface area (Å²) in [6, 6.07) is 0. The summed E-state index contributed by atoms with van der Waals surface area (Å²) in [4.78, 5) is 34.0. The molecule has 0 saturated carbocycles. The van der Waals surface area contributed by atoms with Crippen LogP contribution in [0.4, 0.5) is 0 Å². The number of nitrogens with zero attached hydrogens (tertiary/aromatic N) is 1. The standard InChI is InChI=1S/C22H44NO8P/c1-6-8-10-12-14-21(24)28-18-20(31-22(25)15-13-11-9-7-2)19-30-32(26,27)29-17-16-23(3,4)5/h20H,6-19H2,1-5H3/p+1. The summed E-state index contributed by atoms with van der Waals surface area (Å²) < 4.78 is 33.2. The van der Waals surface area contributed by atoms with Crippen LogP contribution in [0.1, 0.15) is 78.1 Å². The minimum Gasteiger partial charge on any atom is -0.462 e. The van der Waals surface area contributed by atoms with Gasteiger partial charge in [0, 0.05) is 12.8 Å². The molecule has 0 aliphatic rings. The molecule has 0 aliphatic carbocycles. The zero-order chi connectivity index (χ0) is 24.5. The Kier molecular flexibility index (Phi) is 16.9. The van der Waals surface area contributed by atoms with Crippen molar-refractivity contribution in [2.24, 2.45) is 0 Å². The van der Waals surface area contributed by atoms with E-state index in [2.05, 4.69) is 13.8 Å². The van der Waals surface area contributed by atoms with Gasteiger partial charge in [-0.1, -0.05) is 52.4 Å². The molecular weight excluding hydrogens is 437 g/mol. The fourth-order valence-corrected chi connectivity index (χ4v) is 3.40. The molecule has 1 N–H and O–H groups in total. The first-order valence-corrected chi connectivity index (χ1v) is 13.3. The topological polar surface area (TPSA) is 108 Å². The predicted octanol–water partition coefficient (Wildman–Crippen LogP) is 4.22. The predicted molar refractivity (Wildman–Crippen MR) is 123 cm³/mol. The summed E-state index contributed by atoms with van der Waals surface area (Å²) in [5.41, 5.74) is 0. The van der Waals surface area contributed by atoms with Gasteiger partial charge in [0.05, 0.1) is 27.7 Å². The van der Waals surface area contributed by atoms with Crippen molar-refractivity contribution in [2.75, 3.05) is 47.5 Å². The number of phosphoric acid groups is 1. The SMILES string of the molecule is CCCCCCC(=O)OCC(COP(=O)(O)OCC[N+](C)(C)C)OC(=O)CCCCCC. The molecule has 0 spiro atoms. The first-order chi connectivity index (χ1) is 15.0. The van der Waals surface area contributed by atoms with Gasteiger partial charge in [0.25, 0.3) is 0 Å². The van der Waals surface area contributed by atoms with E-state index >= 15 is 0 Å². The Balaban J connectivity index is 4.63. The molecule has 0 fully saturated rings. The Labute approximate surface area is 193 Å². The van der Waals surface area contributed by atoms with Crippen molar-refractivity contribution >= 4 is 19.8 Å². The van der Waals surface area contributed by atoms with Gasteiger partial charge in [0.2, 0.25) is 0 Å². The highest BCUT2D eigenvalue weighted by Crippen LogP contribution is 2.43. The van der Waals surface area contributed by atoms with Crippen LogP contribution in [0.15, 0.2) is 0 Å². The van der Waals surface area contributed by atoms with Crippen LogP contribution in [-0.2, 0) is 32.7 Å². The maximum Gasteiger partial charge on any atom is 0.472 e. The van der Waals surface area contributed by atoms with Crippen LogP contribution in [0.25, 0.3) is 0 Å². The van der Waals surface area contributed by atoms with E-state index in [1.165, 1.54) is 0 Å². The van der Waals surface area contributed by atoms with Crippen molar-refractivity contribution < 1.29 is 42.1 Å². The molecular formula is C22H45NO8P+. The summed E-state index contributed by atoms with van der Waals surface area (Å²) in [6.07, 6.45) is 7.06. The lowest BCUT2D eigenvalue weighted by atomic mass is 10.1. The molecule has 0 bridgehead atoms. The first-order valence-electron chi connectivity index (χ1n) is 11.8. The van der Waals surface area contributed by atoms with Crippen LogP contribution in [0.5, 0.6) is 0 Å². The van der Waals surface area contributed by atoms with Crippen molar-refractivity contribution in [3.8, 4) is 0 Å². The molecule has 0 saturated heterocycles. The largest absolute Gasteiger partial charge is 0.472 e. The fraction of sp³-hybridized carbons (Fsp3) is 0.909. The quantitative estimate of drug-likeness (QED) is 0.119. The average Bonchev–Trinajstić information content (AvgIpc) is 2.69. The van der Waals surface area contributed by atoms with Crippen LogP contribution in [-0.4, -0.2) is 74.9 Å². The highest BCUT2D eigenvalue weighted by molar-refractivity contribution is 7.47. The van der Waals surface area contributed by atoms with Gasteiger partial charge in [-0.05, 0) is 12.8 Å². The molecule has 0 heterocycles. The molecule has 0 aliphatic heterocycles. The number of ether oxygens (including phenoxy) is 2. The number of quaternary nitrogens is 1. The zero-order valence-electron chi connectivity index (χ0n) is 20.7. The highest BCUT2D eigenvalue weighted by atomic mass is 31.2. The zero-order valence-corrected chi connectivity index (χ0v) is 21.6. The van der Waals surface area contributed by atoms with Gasteiger partial charge in [0.15, 0.2) is 6.10 Å². The van der Waals surface area contributed by atoms with Crippen molar-refractivity contribution in [1.82, 2.24) is 0 Å². The molecule has 10 heteroatoms. The smallest absolute Gasteiger partial charge is 0.462 e. The van der Waals surface area contributed by atoms with Gasteiger partial charge in [0.1, 0.15) is 19.8 Å². The van der Waals surface area contributed by atoms with Gasteiger partial charge < -0.3 is 18.9 Å². The monoisotopic (exact) mass is 482 g/mol. The molecule has 0 rings (SSSR count).